The van der Waals surface area contributed by atoms with E-state index in [2.05, 4.69) is 22.5 Å². The second-order valence-electron chi connectivity index (χ2n) is 6.92. The third-order valence-electron chi connectivity index (χ3n) is 4.51. The first-order valence-corrected chi connectivity index (χ1v) is 10.4. The van der Waals surface area contributed by atoms with Crippen LogP contribution in [0.1, 0.15) is 22.7 Å². The number of amides is 1. The van der Waals surface area contributed by atoms with Crippen LogP contribution in [0.3, 0.4) is 0 Å². The predicted octanol–water partition coefficient (Wildman–Crippen LogP) is 4.70. The second-order valence-corrected chi connectivity index (χ2v) is 7.36. The van der Waals surface area contributed by atoms with Crippen molar-refractivity contribution in [2.24, 2.45) is 5.73 Å². The Labute approximate surface area is 192 Å². The topological polar surface area (TPSA) is 96.6 Å². The summed E-state index contributed by atoms with van der Waals surface area (Å²) in [5.74, 6) is 5.66. The first-order valence-electron chi connectivity index (χ1n) is 10.0. The molecular formula is C25H24ClN3O3. The quantitative estimate of drug-likeness (QED) is 0.392. The highest BCUT2D eigenvalue weighted by Crippen LogP contribution is 2.26. The van der Waals surface area contributed by atoms with Gasteiger partial charge in [0, 0.05) is 22.9 Å². The van der Waals surface area contributed by atoms with Gasteiger partial charge in [-0.1, -0.05) is 65.9 Å². The number of hydrogen-bond donors (Lipinski definition) is 4. The van der Waals surface area contributed by atoms with Crippen LogP contribution in [0.4, 0.5) is 16.2 Å². The van der Waals surface area contributed by atoms with E-state index in [9.17, 15) is 9.90 Å². The number of aliphatic hydroxyl groups is 1. The number of nitrogens with two attached hydrogens (primary N) is 1. The molecule has 6 nitrogen and oxygen atoms in total. The molecule has 0 aromatic heterocycles. The molecule has 1 amide bonds. The summed E-state index contributed by atoms with van der Waals surface area (Å²) in [5, 5.41) is 15.6. The maximum Gasteiger partial charge on any atom is 0.411 e. The molecule has 0 aliphatic heterocycles. The van der Waals surface area contributed by atoms with Crippen molar-refractivity contribution in [1.29, 1.82) is 0 Å². The minimum absolute atomic E-state index is 0.156. The standard InChI is InChI=1S/C25H24ClN3O3/c26-21-13-20(24(10-5-11-30)28-22-9-4-8-19(12-22)16-27)14-23(15-21)29-25(31)32-17-18-6-2-1-3-7-18/h1-4,6-9,12-15,24,28,30H,11,16-17,27H2,(H,29,31)/t24-/m1/s1. The molecule has 1 atom stereocenters. The molecule has 0 fully saturated rings. The van der Waals surface area contributed by atoms with Crippen LogP contribution in [0.15, 0.2) is 72.8 Å². The molecule has 0 aliphatic rings. The third-order valence-corrected chi connectivity index (χ3v) is 4.73. The van der Waals surface area contributed by atoms with Crippen LogP contribution < -0.4 is 16.4 Å². The molecule has 0 unspecified atom stereocenters. The molecule has 0 bridgehead atoms. The van der Waals surface area contributed by atoms with E-state index in [-0.39, 0.29) is 13.2 Å². The first-order chi connectivity index (χ1) is 15.6. The van der Waals surface area contributed by atoms with E-state index >= 15 is 0 Å². The van der Waals surface area contributed by atoms with Gasteiger partial charge >= 0.3 is 6.09 Å². The molecule has 0 spiro atoms. The Morgan fingerprint density at radius 2 is 1.81 bits per heavy atom. The van der Waals surface area contributed by atoms with Crippen LogP contribution >= 0.6 is 11.6 Å². The summed E-state index contributed by atoms with van der Waals surface area (Å²) in [4.78, 5) is 12.2. The van der Waals surface area contributed by atoms with E-state index in [1.807, 2.05) is 54.6 Å². The molecule has 0 aliphatic carbocycles. The summed E-state index contributed by atoms with van der Waals surface area (Å²) in [7, 11) is 0. The average molecular weight is 450 g/mol. The van der Waals surface area contributed by atoms with Crippen LogP contribution in [0.5, 0.6) is 0 Å². The Bertz CT molecular complexity index is 1110. The number of anilines is 2. The Morgan fingerprint density at radius 1 is 1.03 bits per heavy atom. The number of hydrogen-bond acceptors (Lipinski definition) is 5. The van der Waals surface area contributed by atoms with Crippen molar-refractivity contribution in [3.8, 4) is 11.8 Å². The van der Waals surface area contributed by atoms with Gasteiger partial charge in [0.2, 0.25) is 0 Å². The van der Waals surface area contributed by atoms with Crippen molar-refractivity contribution in [2.45, 2.75) is 19.2 Å². The van der Waals surface area contributed by atoms with E-state index in [0.29, 0.717) is 17.3 Å². The van der Waals surface area contributed by atoms with Gasteiger partial charge < -0.3 is 20.9 Å². The zero-order chi connectivity index (χ0) is 22.8. The lowest BCUT2D eigenvalue weighted by molar-refractivity contribution is 0.155. The zero-order valence-corrected chi connectivity index (χ0v) is 18.1. The number of halogens is 1. The van der Waals surface area contributed by atoms with Gasteiger partial charge in [-0.3, -0.25) is 5.32 Å². The van der Waals surface area contributed by atoms with E-state index in [0.717, 1.165) is 22.4 Å². The van der Waals surface area contributed by atoms with Gasteiger partial charge in [-0.05, 0) is 47.0 Å². The van der Waals surface area contributed by atoms with E-state index in [4.69, 9.17) is 22.1 Å². The number of carbonyl (C=O) groups is 1. The minimum atomic E-state index is -0.594. The largest absolute Gasteiger partial charge is 0.444 e. The Kier molecular flexibility index (Phi) is 8.52. The summed E-state index contributed by atoms with van der Waals surface area (Å²) < 4.78 is 5.28. The molecule has 7 heteroatoms. The van der Waals surface area contributed by atoms with Crippen molar-refractivity contribution < 1.29 is 14.6 Å². The van der Waals surface area contributed by atoms with Gasteiger partial charge in [-0.2, -0.15) is 0 Å². The normalized spacial score (nSPS) is 11.1. The summed E-state index contributed by atoms with van der Waals surface area (Å²) in [6.45, 7) is 0.293. The van der Waals surface area contributed by atoms with E-state index in [1.54, 1.807) is 18.2 Å². The molecule has 32 heavy (non-hydrogen) atoms. The smallest absolute Gasteiger partial charge is 0.411 e. The van der Waals surface area contributed by atoms with Crippen molar-refractivity contribution >= 4 is 29.1 Å². The highest BCUT2D eigenvalue weighted by atomic mass is 35.5. The van der Waals surface area contributed by atoms with E-state index < -0.39 is 12.1 Å². The number of rotatable bonds is 7. The van der Waals surface area contributed by atoms with Crippen LogP contribution in [0, 0.1) is 11.8 Å². The number of aliphatic hydroxyl groups excluding tert-OH is 1. The molecule has 164 valence electrons. The number of benzene rings is 3. The monoisotopic (exact) mass is 449 g/mol. The van der Waals surface area contributed by atoms with Crippen LogP contribution in [-0.4, -0.2) is 17.8 Å². The number of carbonyl (C=O) groups excluding carboxylic acids is 1. The molecular weight excluding hydrogens is 426 g/mol. The van der Waals surface area contributed by atoms with Crippen molar-refractivity contribution in [3.63, 3.8) is 0 Å². The molecule has 3 aromatic rings. The zero-order valence-electron chi connectivity index (χ0n) is 17.3. The van der Waals surface area contributed by atoms with E-state index in [1.165, 1.54) is 0 Å². The van der Waals surface area contributed by atoms with Crippen molar-refractivity contribution in [2.75, 3.05) is 17.2 Å². The van der Waals surface area contributed by atoms with Crippen molar-refractivity contribution in [3.05, 3.63) is 94.5 Å². The molecule has 0 heterocycles. The van der Waals surface area contributed by atoms with Gasteiger partial charge in [-0.15, -0.1) is 0 Å². The molecule has 0 radical (unpaired) electrons. The van der Waals surface area contributed by atoms with Gasteiger partial charge in [0.15, 0.2) is 0 Å². The highest BCUT2D eigenvalue weighted by Gasteiger charge is 2.13. The molecule has 3 rings (SSSR count). The van der Waals surface area contributed by atoms with Crippen LogP contribution in [-0.2, 0) is 17.9 Å². The first kappa shape index (κ1) is 23.2. The van der Waals surface area contributed by atoms with Crippen LogP contribution in [0.25, 0.3) is 0 Å². The summed E-state index contributed by atoms with van der Waals surface area (Å²) in [5.41, 5.74) is 9.60. The summed E-state index contributed by atoms with van der Waals surface area (Å²) in [6.07, 6.45) is -0.594. The SMILES string of the molecule is NCc1cccc(N[C@H](C#CCO)c2cc(Cl)cc(NC(=O)OCc3ccccc3)c2)c1. The maximum absolute atomic E-state index is 12.2. The number of nitrogens with one attached hydrogen (secondary N) is 2. The predicted molar refractivity (Wildman–Crippen MR) is 127 cm³/mol. The fraction of sp³-hybridized carbons (Fsp3) is 0.160. The minimum Gasteiger partial charge on any atom is -0.444 e. The lowest BCUT2D eigenvalue weighted by atomic mass is 10.1. The number of ether oxygens (including phenoxy) is 1. The maximum atomic E-state index is 12.2. The highest BCUT2D eigenvalue weighted by molar-refractivity contribution is 6.31. The Hall–Kier alpha value is -3.50. The van der Waals surface area contributed by atoms with Crippen LogP contribution in [0.2, 0.25) is 5.02 Å². The van der Waals surface area contributed by atoms with Gasteiger partial charge in [0.05, 0.1) is 0 Å². The molecule has 0 saturated heterocycles. The van der Waals surface area contributed by atoms with Gasteiger partial charge in [0.1, 0.15) is 19.3 Å². The van der Waals surface area contributed by atoms with Gasteiger partial charge in [0.25, 0.3) is 0 Å². The molecule has 3 aromatic carbocycles. The van der Waals surface area contributed by atoms with Gasteiger partial charge in [-0.25, -0.2) is 4.79 Å². The lowest BCUT2D eigenvalue weighted by Gasteiger charge is -2.17. The fourth-order valence-electron chi connectivity index (χ4n) is 3.03. The average Bonchev–Trinajstić information content (AvgIpc) is 2.81. The molecule has 0 saturated carbocycles. The summed E-state index contributed by atoms with van der Waals surface area (Å²) in [6, 6.07) is 21.7. The molecule has 5 N–H and O–H groups in total. The summed E-state index contributed by atoms with van der Waals surface area (Å²) >= 11 is 6.30. The fourth-order valence-corrected chi connectivity index (χ4v) is 3.28. The third kappa shape index (κ3) is 7.03. The van der Waals surface area contributed by atoms with Crippen molar-refractivity contribution in [1.82, 2.24) is 0 Å². The lowest BCUT2D eigenvalue weighted by Crippen LogP contribution is -2.15. The Morgan fingerprint density at radius 3 is 2.56 bits per heavy atom. The second kappa shape index (κ2) is 11.8. The Balaban J connectivity index is 1.76.